The number of carbonyl (C=O) groups excluding carboxylic acids is 2. The first kappa shape index (κ1) is 12.5. The Morgan fingerprint density at radius 3 is 2.62 bits per heavy atom. The number of carbonyl (C=O) groups is 2. The van der Waals surface area contributed by atoms with Crippen LogP contribution in [0.15, 0.2) is 11.8 Å². The summed E-state index contributed by atoms with van der Waals surface area (Å²) in [4.78, 5) is 24.2. The van der Waals surface area contributed by atoms with Crippen LogP contribution >= 0.6 is 0 Å². The molecule has 1 rings (SSSR count). The molecular formula is C10H17N3O3. The first-order valence-corrected chi connectivity index (χ1v) is 5.05. The van der Waals surface area contributed by atoms with Crippen molar-refractivity contribution in [2.45, 2.75) is 32.8 Å². The van der Waals surface area contributed by atoms with E-state index in [9.17, 15) is 9.59 Å². The second-order valence-electron chi connectivity index (χ2n) is 4.55. The third kappa shape index (κ3) is 3.23. The largest absolute Gasteiger partial charge is 0.443 e. The van der Waals surface area contributed by atoms with E-state index in [1.165, 1.54) is 11.1 Å². The van der Waals surface area contributed by atoms with Crippen LogP contribution in [-0.2, 0) is 9.53 Å². The Kier molecular flexibility index (Phi) is 3.54. The van der Waals surface area contributed by atoms with Gasteiger partial charge in [0.2, 0.25) is 0 Å². The first-order valence-electron chi connectivity index (χ1n) is 5.05. The summed E-state index contributed by atoms with van der Waals surface area (Å²) in [6, 6.07) is 0. The van der Waals surface area contributed by atoms with Crippen molar-refractivity contribution in [1.82, 2.24) is 10.3 Å². The molecule has 0 saturated heterocycles. The molecule has 0 atom stereocenters. The summed E-state index contributed by atoms with van der Waals surface area (Å²) in [5.74, 6) is 4.63. The van der Waals surface area contributed by atoms with Crippen LogP contribution < -0.4 is 11.3 Å². The zero-order valence-corrected chi connectivity index (χ0v) is 9.74. The van der Waals surface area contributed by atoms with Gasteiger partial charge in [-0.2, -0.15) is 0 Å². The van der Waals surface area contributed by atoms with Crippen molar-refractivity contribution in [3.63, 3.8) is 0 Å². The summed E-state index contributed by atoms with van der Waals surface area (Å²) in [6.07, 6.45) is 1.51. The fourth-order valence-electron chi connectivity index (χ4n) is 1.29. The predicted molar refractivity (Wildman–Crippen MR) is 58.0 cm³/mol. The Hall–Kier alpha value is -1.56. The normalized spacial score (nSPS) is 15.8. The number of nitrogens with one attached hydrogen (secondary N) is 1. The molecule has 0 fully saturated rings. The van der Waals surface area contributed by atoms with E-state index in [2.05, 4.69) is 0 Å². The lowest BCUT2D eigenvalue weighted by Crippen LogP contribution is -2.32. The van der Waals surface area contributed by atoms with Gasteiger partial charge in [-0.25, -0.2) is 10.6 Å². The fraction of sp³-hybridized carbons (Fsp3) is 0.600. The molecule has 2 amide bonds. The lowest BCUT2D eigenvalue weighted by molar-refractivity contribution is -0.117. The van der Waals surface area contributed by atoms with Gasteiger partial charge in [0.1, 0.15) is 5.60 Å². The van der Waals surface area contributed by atoms with Gasteiger partial charge in [0.15, 0.2) is 0 Å². The van der Waals surface area contributed by atoms with E-state index in [1.54, 1.807) is 20.8 Å². The molecule has 1 aliphatic rings. The lowest BCUT2D eigenvalue weighted by Gasteiger charge is -2.23. The number of nitrogens with two attached hydrogens (primary N) is 1. The summed E-state index contributed by atoms with van der Waals surface area (Å²) in [5.41, 5.74) is 1.97. The van der Waals surface area contributed by atoms with Gasteiger partial charge in [0.05, 0.1) is 0 Å². The van der Waals surface area contributed by atoms with Gasteiger partial charge in [-0.1, -0.05) is 0 Å². The average molecular weight is 227 g/mol. The summed E-state index contributed by atoms with van der Waals surface area (Å²) in [5, 5.41) is 0. The van der Waals surface area contributed by atoms with E-state index >= 15 is 0 Å². The quantitative estimate of drug-likeness (QED) is 0.388. The predicted octanol–water partition coefficient (Wildman–Crippen LogP) is 0.501. The molecule has 0 aromatic rings. The maximum atomic E-state index is 11.6. The average Bonchev–Trinajstić information content (AvgIpc) is 2.62. The van der Waals surface area contributed by atoms with E-state index in [1.807, 2.05) is 5.43 Å². The van der Waals surface area contributed by atoms with Crippen molar-refractivity contribution in [2.75, 3.05) is 6.54 Å². The van der Waals surface area contributed by atoms with Crippen molar-refractivity contribution in [3.05, 3.63) is 11.8 Å². The fourth-order valence-corrected chi connectivity index (χ4v) is 1.29. The number of nitrogens with zero attached hydrogens (tertiary/aromatic N) is 1. The maximum Gasteiger partial charge on any atom is 0.414 e. The number of ether oxygens (including phenoxy) is 1. The van der Waals surface area contributed by atoms with Gasteiger partial charge < -0.3 is 4.74 Å². The Balaban J connectivity index is 2.61. The topological polar surface area (TPSA) is 84.7 Å². The molecule has 1 aliphatic heterocycles. The summed E-state index contributed by atoms with van der Waals surface area (Å²) < 4.78 is 5.16. The standard InChI is InChI=1S/C10H17N3O3/c1-10(2,3)16-9(15)13-5-4-7(6-13)8(14)12-11/h6H,4-5,11H2,1-3H3,(H,12,14). The minimum atomic E-state index is -0.538. The number of hydrogen-bond acceptors (Lipinski definition) is 4. The van der Waals surface area contributed by atoms with Gasteiger partial charge in [0, 0.05) is 18.3 Å². The number of hydrogen-bond donors (Lipinski definition) is 2. The lowest BCUT2D eigenvalue weighted by atomic mass is 10.2. The van der Waals surface area contributed by atoms with Gasteiger partial charge in [-0.3, -0.25) is 15.1 Å². The first-order chi connectivity index (χ1) is 7.33. The molecule has 16 heavy (non-hydrogen) atoms. The van der Waals surface area contributed by atoms with Crippen LogP contribution in [0, 0.1) is 0 Å². The smallest absolute Gasteiger partial charge is 0.414 e. The third-order valence-corrected chi connectivity index (χ3v) is 1.98. The van der Waals surface area contributed by atoms with Gasteiger partial charge in [-0.15, -0.1) is 0 Å². The van der Waals surface area contributed by atoms with Crippen molar-refractivity contribution in [1.29, 1.82) is 0 Å². The highest BCUT2D eigenvalue weighted by Gasteiger charge is 2.26. The van der Waals surface area contributed by atoms with Crippen LogP contribution in [0.4, 0.5) is 4.79 Å². The van der Waals surface area contributed by atoms with Crippen LogP contribution in [0.5, 0.6) is 0 Å². The van der Waals surface area contributed by atoms with Crippen LogP contribution in [-0.4, -0.2) is 29.0 Å². The molecule has 0 bridgehead atoms. The highest BCUT2D eigenvalue weighted by Crippen LogP contribution is 2.17. The highest BCUT2D eigenvalue weighted by atomic mass is 16.6. The molecule has 6 heteroatoms. The Morgan fingerprint density at radius 1 is 1.50 bits per heavy atom. The van der Waals surface area contributed by atoms with Gasteiger partial charge in [-0.05, 0) is 27.2 Å². The number of rotatable bonds is 1. The van der Waals surface area contributed by atoms with Crippen molar-refractivity contribution < 1.29 is 14.3 Å². The molecule has 0 aliphatic carbocycles. The molecule has 0 radical (unpaired) electrons. The zero-order valence-electron chi connectivity index (χ0n) is 9.74. The number of hydrazine groups is 1. The van der Waals surface area contributed by atoms with Crippen molar-refractivity contribution >= 4 is 12.0 Å². The van der Waals surface area contributed by atoms with Gasteiger partial charge in [0.25, 0.3) is 5.91 Å². The zero-order chi connectivity index (χ0) is 12.3. The SMILES string of the molecule is CC(C)(C)OC(=O)N1C=C(C(=O)NN)CC1. The van der Waals surface area contributed by atoms with E-state index in [4.69, 9.17) is 10.6 Å². The second kappa shape index (κ2) is 4.52. The van der Waals surface area contributed by atoms with Crippen LogP contribution in [0.1, 0.15) is 27.2 Å². The van der Waals surface area contributed by atoms with Gasteiger partial charge >= 0.3 is 6.09 Å². The monoisotopic (exact) mass is 227 g/mol. The molecule has 90 valence electrons. The minimum absolute atomic E-state index is 0.369. The molecule has 1 heterocycles. The highest BCUT2D eigenvalue weighted by molar-refractivity contribution is 5.94. The molecule has 0 aromatic heterocycles. The molecule has 0 saturated carbocycles. The Morgan fingerprint density at radius 2 is 2.12 bits per heavy atom. The van der Waals surface area contributed by atoms with Crippen molar-refractivity contribution in [2.24, 2.45) is 5.84 Å². The minimum Gasteiger partial charge on any atom is -0.443 e. The molecule has 6 nitrogen and oxygen atoms in total. The Labute approximate surface area is 94.4 Å². The van der Waals surface area contributed by atoms with E-state index < -0.39 is 11.7 Å². The number of amides is 2. The second-order valence-corrected chi connectivity index (χ2v) is 4.55. The van der Waals surface area contributed by atoms with Crippen molar-refractivity contribution in [3.8, 4) is 0 Å². The van der Waals surface area contributed by atoms with Crippen LogP contribution in [0.2, 0.25) is 0 Å². The van der Waals surface area contributed by atoms with E-state index in [0.717, 1.165) is 0 Å². The Bertz CT molecular complexity index is 331. The summed E-state index contributed by atoms with van der Waals surface area (Å²) >= 11 is 0. The molecule has 0 unspecified atom stereocenters. The summed E-state index contributed by atoms with van der Waals surface area (Å²) in [7, 11) is 0. The van der Waals surface area contributed by atoms with E-state index in [0.29, 0.717) is 18.5 Å². The molecule has 3 N–H and O–H groups in total. The van der Waals surface area contributed by atoms with Crippen LogP contribution in [0.25, 0.3) is 0 Å². The summed E-state index contributed by atoms with van der Waals surface area (Å²) in [6.45, 7) is 5.81. The van der Waals surface area contributed by atoms with E-state index in [-0.39, 0.29) is 5.91 Å². The molecule has 0 aromatic carbocycles. The molecule has 0 spiro atoms. The molecular weight excluding hydrogens is 210 g/mol. The maximum absolute atomic E-state index is 11.6. The van der Waals surface area contributed by atoms with Crippen LogP contribution in [0.3, 0.4) is 0 Å². The third-order valence-electron chi connectivity index (χ3n) is 1.98.